The van der Waals surface area contributed by atoms with E-state index < -0.39 is 5.92 Å². The predicted molar refractivity (Wildman–Crippen MR) is 121 cm³/mol. The summed E-state index contributed by atoms with van der Waals surface area (Å²) in [6.45, 7) is 4.99. The predicted octanol–water partition coefficient (Wildman–Crippen LogP) is 3.17. The molecule has 2 aromatic rings. The van der Waals surface area contributed by atoms with E-state index in [-0.39, 0.29) is 35.2 Å². The number of aryl methyl sites for hydroxylation is 1. The lowest BCUT2D eigenvalue weighted by atomic mass is 9.92. The Bertz CT molecular complexity index is 1030. The zero-order chi connectivity index (χ0) is 22.0. The number of fused-ring (bicyclic) bond motifs is 1. The molecule has 2 aliphatic rings. The van der Waals surface area contributed by atoms with Gasteiger partial charge in [-0.15, -0.1) is 0 Å². The zero-order valence-electron chi connectivity index (χ0n) is 18.0. The van der Waals surface area contributed by atoms with Gasteiger partial charge >= 0.3 is 0 Å². The SMILES string of the molecule is CCc1ccc(NC(=O)[C@@H]2CC(=O)Nc3nc(N4CCCC[C@@H]4CC)[nH]c(=O)c32)cc1. The molecule has 0 spiro atoms. The molecular weight excluding hydrogens is 394 g/mol. The van der Waals surface area contributed by atoms with Crippen molar-refractivity contribution in [1.29, 1.82) is 0 Å². The van der Waals surface area contributed by atoms with Gasteiger partial charge < -0.3 is 15.5 Å². The lowest BCUT2D eigenvalue weighted by molar-refractivity contribution is -0.123. The molecule has 1 saturated heterocycles. The van der Waals surface area contributed by atoms with Gasteiger partial charge in [-0.3, -0.25) is 19.4 Å². The zero-order valence-corrected chi connectivity index (χ0v) is 18.0. The number of amides is 2. The monoisotopic (exact) mass is 423 g/mol. The molecule has 31 heavy (non-hydrogen) atoms. The number of anilines is 3. The fraction of sp³-hybridized carbons (Fsp3) is 0.478. The van der Waals surface area contributed by atoms with E-state index in [9.17, 15) is 14.4 Å². The van der Waals surface area contributed by atoms with Gasteiger partial charge in [0.15, 0.2) is 0 Å². The Hall–Kier alpha value is -3.16. The average molecular weight is 424 g/mol. The molecule has 2 aliphatic heterocycles. The molecule has 0 radical (unpaired) electrons. The molecular formula is C23H29N5O3. The topological polar surface area (TPSA) is 107 Å². The molecule has 2 amide bonds. The van der Waals surface area contributed by atoms with Crippen LogP contribution >= 0.6 is 0 Å². The van der Waals surface area contributed by atoms with Gasteiger partial charge in [0.05, 0.1) is 11.5 Å². The Balaban J connectivity index is 1.63. The number of H-pyrrole nitrogens is 1. The van der Waals surface area contributed by atoms with Gasteiger partial charge in [0, 0.05) is 24.7 Å². The van der Waals surface area contributed by atoms with Crippen LogP contribution in [0.25, 0.3) is 0 Å². The smallest absolute Gasteiger partial charge is 0.258 e. The fourth-order valence-corrected chi connectivity index (χ4v) is 4.48. The molecule has 0 aliphatic carbocycles. The largest absolute Gasteiger partial charge is 0.339 e. The first-order valence-corrected chi connectivity index (χ1v) is 11.1. The summed E-state index contributed by atoms with van der Waals surface area (Å²) in [6.07, 6.45) is 5.01. The molecule has 4 rings (SSSR count). The Labute approximate surface area is 181 Å². The van der Waals surface area contributed by atoms with Crippen molar-refractivity contribution in [3.8, 4) is 0 Å². The van der Waals surface area contributed by atoms with Crippen molar-refractivity contribution in [2.24, 2.45) is 0 Å². The summed E-state index contributed by atoms with van der Waals surface area (Å²) >= 11 is 0. The second-order valence-corrected chi connectivity index (χ2v) is 8.25. The van der Waals surface area contributed by atoms with Gasteiger partial charge in [-0.05, 0) is 49.8 Å². The van der Waals surface area contributed by atoms with Crippen LogP contribution in [-0.2, 0) is 16.0 Å². The Morgan fingerprint density at radius 2 is 1.97 bits per heavy atom. The first-order valence-electron chi connectivity index (χ1n) is 11.1. The quantitative estimate of drug-likeness (QED) is 0.685. The molecule has 1 fully saturated rings. The summed E-state index contributed by atoms with van der Waals surface area (Å²) < 4.78 is 0. The van der Waals surface area contributed by atoms with E-state index in [4.69, 9.17) is 0 Å². The van der Waals surface area contributed by atoms with E-state index in [1.54, 1.807) is 0 Å². The number of aromatic amines is 1. The summed E-state index contributed by atoms with van der Waals surface area (Å²) in [5.41, 5.74) is 1.64. The average Bonchev–Trinajstić information content (AvgIpc) is 2.78. The maximum Gasteiger partial charge on any atom is 0.258 e. The number of rotatable bonds is 5. The van der Waals surface area contributed by atoms with Crippen LogP contribution < -0.4 is 21.1 Å². The lowest BCUT2D eigenvalue weighted by Crippen LogP contribution is -2.43. The van der Waals surface area contributed by atoms with Crippen molar-refractivity contribution in [3.63, 3.8) is 0 Å². The third-order valence-corrected chi connectivity index (χ3v) is 6.26. The number of piperidine rings is 1. The van der Waals surface area contributed by atoms with Crippen molar-refractivity contribution in [2.75, 3.05) is 22.1 Å². The van der Waals surface area contributed by atoms with Crippen molar-refractivity contribution >= 4 is 29.3 Å². The third kappa shape index (κ3) is 4.33. The molecule has 8 heteroatoms. The van der Waals surface area contributed by atoms with Gasteiger partial charge in [-0.1, -0.05) is 26.0 Å². The summed E-state index contributed by atoms with van der Waals surface area (Å²) in [5.74, 6) is -0.930. The summed E-state index contributed by atoms with van der Waals surface area (Å²) in [7, 11) is 0. The van der Waals surface area contributed by atoms with Crippen LogP contribution in [0, 0.1) is 0 Å². The van der Waals surface area contributed by atoms with Crippen LogP contribution in [0.2, 0.25) is 0 Å². The molecule has 1 aromatic heterocycles. The fourth-order valence-electron chi connectivity index (χ4n) is 4.48. The number of nitrogens with one attached hydrogen (secondary N) is 3. The van der Waals surface area contributed by atoms with Crippen LogP contribution in [0.4, 0.5) is 17.5 Å². The second-order valence-electron chi connectivity index (χ2n) is 8.25. The minimum Gasteiger partial charge on any atom is -0.339 e. The van der Waals surface area contributed by atoms with Crippen LogP contribution in [0.5, 0.6) is 0 Å². The van der Waals surface area contributed by atoms with Gasteiger partial charge in [-0.25, -0.2) is 0 Å². The number of carbonyl (C=O) groups is 2. The minimum absolute atomic E-state index is 0.0860. The van der Waals surface area contributed by atoms with Crippen LogP contribution in [-0.4, -0.2) is 34.4 Å². The van der Waals surface area contributed by atoms with E-state index in [1.165, 1.54) is 0 Å². The first kappa shape index (κ1) is 21.1. The Morgan fingerprint density at radius 3 is 2.68 bits per heavy atom. The van der Waals surface area contributed by atoms with E-state index in [1.807, 2.05) is 24.3 Å². The second kappa shape index (κ2) is 8.91. The molecule has 8 nitrogen and oxygen atoms in total. The summed E-state index contributed by atoms with van der Waals surface area (Å²) in [4.78, 5) is 47.9. The van der Waals surface area contributed by atoms with E-state index in [0.29, 0.717) is 17.7 Å². The van der Waals surface area contributed by atoms with Crippen molar-refractivity contribution in [3.05, 3.63) is 45.7 Å². The maximum atomic E-state index is 13.0. The third-order valence-electron chi connectivity index (χ3n) is 6.26. The van der Waals surface area contributed by atoms with Crippen LogP contribution in [0.15, 0.2) is 29.1 Å². The highest BCUT2D eigenvalue weighted by Gasteiger charge is 2.35. The molecule has 2 atom stereocenters. The van der Waals surface area contributed by atoms with Crippen LogP contribution in [0.3, 0.4) is 0 Å². The molecule has 1 aromatic carbocycles. The molecule has 0 saturated carbocycles. The molecule has 3 N–H and O–H groups in total. The van der Waals surface area contributed by atoms with Gasteiger partial charge in [-0.2, -0.15) is 4.98 Å². The number of aromatic nitrogens is 2. The van der Waals surface area contributed by atoms with E-state index in [0.717, 1.165) is 44.2 Å². The summed E-state index contributed by atoms with van der Waals surface area (Å²) in [6, 6.07) is 7.85. The Kier molecular flexibility index (Phi) is 6.06. The van der Waals surface area contributed by atoms with Crippen molar-refractivity contribution in [1.82, 2.24) is 9.97 Å². The molecule has 164 valence electrons. The molecule has 0 unspecified atom stereocenters. The van der Waals surface area contributed by atoms with Gasteiger partial charge in [0.2, 0.25) is 17.8 Å². The standard InChI is InChI=1S/C23H29N5O3/c1-3-14-8-10-15(11-9-14)24-21(30)17-13-18(29)25-20-19(17)22(31)27-23(26-20)28-12-6-5-7-16(28)4-2/h8-11,16-17H,3-7,12-13H2,1-2H3,(H,24,30)(H2,25,26,27,29,31)/t16-,17+/m0/s1. The van der Waals surface area contributed by atoms with E-state index in [2.05, 4.69) is 39.3 Å². The highest BCUT2D eigenvalue weighted by atomic mass is 16.2. The number of hydrogen-bond donors (Lipinski definition) is 3. The maximum absolute atomic E-state index is 13.0. The number of nitrogens with zero attached hydrogens (tertiary/aromatic N) is 2. The number of hydrogen-bond acceptors (Lipinski definition) is 5. The highest BCUT2D eigenvalue weighted by Crippen LogP contribution is 2.31. The first-order chi connectivity index (χ1) is 15.0. The van der Waals surface area contributed by atoms with E-state index >= 15 is 0 Å². The van der Waals surface area contributed by atoms with Crippen LogP contribution in [0.1, 0.15) is 63.0 Å². The minimum atomic E-state index is -0.886. The lowest BCUT2D eigenvalue weighted by Gasteiger charge is -2.36. The van der Waals surface area contributed by atoms with Gasteiger partial charge in [0.1, 0.15) is 5.82 Å². The summed E-state index contributed by atoms with van der Waals surface area (Å²) in [5, 5.41) is 5.54. The van der Waals surface area contributed by atoms with Gasteiger partial charge in [0.25, 0.3) is 5.56 Å². The molecule has 3 heterocycles. The number of carbonyl (C=O) groups excluding carboxylic acids is 2. The molecule has 0 bridgehead atoms. The van der Waals surface area contributed by atoms with Crippen molar-refractivity contribution in [2.45, 2.75) is 64.3 Å². The number of benzene rings is 1. The highest BCUT2D eigenvalue weighted by molar-refractivity contribution is 6.04. The normalized spacial score (nSPS) is 20.7. The van der Waals surface area contributed by atoms with Crippen molar-refractivity contribution < 1.29 is 9.59 Å². The Morgan fingerprint density at radius 1 is 1.19 bits per heavy atom.